The van der Waals surface area contributed by atoms with Crippen LogP contribution in [0.4, 0.5) is 0 Å². The van der Waals surface area contributed by atoms with Crippen molar-refractivity contribution in [3.63, 3.8) is 0 Å². The van der Waals surface area contributed by atoms with E-state index in [1.54, 1.807) is 16.8 Å². The molecule has 0 bridgehead atoms. The third-order valence-electron chi connectivity index (χ3n) is 3.08. The van der Waals surface area contributed by atoms with E-state index in [2.05, 4.69) is 37.6 Å². The number of nitrogens with one attached hydrogen (secondary N) is 1. The minimum Gasteiger partial charge on any atom is -0.312 e. The van der Waals surface area contributed by atoms with Gasteiger partial charge in [-0.1, -0.05) is 5.21 Å². The van der Waals surface area contributed by atoms with Gasteiger partial charge in [0, 0.05) is 4.47 Å². The Morgan fingerprint density at radius 2 is 2.21 bits per heavy atom. The Labute approximate surface area is 120 Å². The molecule has 2 aromatic rings. The molecule has 5 nitrogen and oxygen atoms in total. The molecule has 0 saturated heterocycles. The molecule has 0 saturated carbocycles. The first-order chi connectivity index (χ1) is 9.08. The second-order valence-corrected chi connectivity index (χ2v) is 5.11. The van der Waals surface area contributed by atoms with Crippen LogP contribution in [0, 0.1) is 18.3 Å². The van der Waals surface area contributed by atoms with Crippen molar-refractivity contribution in [2.75, 3.05) is 7.05 Å². The standard InChI is InChI=1S/C13H14BrN5/c1-8(16-3)13-9(2)19(18-17-13)12-5-4-10(7-15)6-11(12)14/h4-6,8,16H,1-3H3. The van der Waals surface area contributed by atoms with Crippen LogP contribution in [0.3, 0.4) is 0 Å². The van der Waals surface area contributed by atoms with Gasteiger partial charge in [0.2, 0.25) is 0 Å². The van der Waals surface area contributed by atoms with Crippen molar-refractivity contribution in [3.05, 3.63) is 39.6 Å². The van der Waals surface area contributed by atoms with Gasteiger partial charge in [0.05, 0.1) is 29.1 Å². The van der Waals surface area contributed by atoms with Crippen molar-refractivity contribution in [2.45, 2.75) is 19.9 Å². The number of benzene rings is 1. The maximum absolute atomic E-state index is 8.87. The van der Waals surface area contributed by atoms with Crippen molar-refractivity contribution in [3.8, 4) is 11.8 Å². The van der Waals surface area contributed by atoms with E-state index in [0.29, 0.717) is 5.56 Å². The molecule has 0 spiro atoms. The minimum atomic E-state index is 0.144. The molecule has 19 heavy (non-hydrogen) atoms. The molecule has 1 unspecified atom stereocenters. The van der Waals surface area contributed by atoms with Gasteiger partial charge in [0.1, 0.15) is 5.69 Å². The normalized spacial score (nSPS) is 12.2. The predicted molar refractivity (Wildman–Crippen MR) is 76.0 cm³/mol. The molecule has 1 atom stereocenters. The maximum Gasteiger partial charge on any atom is 0.103 e. The fourth-order valence-electron chi connectivity index (χ4n) is 1.85. The number of nitriles is 1. The molecule has 0 radical (unpaired) electrons. The lowest BCUT2D eigenvalue weighted by Crippen LogP contribution is -2.14. The Kier molecular flexibility index (Phi) is 3.98. The average Bonchev–Trinajstić information content (AvgIpc) is 2.79. The van der Waals surface area contributed by atoms with Crippen LogP contribution in [0.1, 0.15) is 29.9 Å². The summed E-state index contributed by atoms with van der Waals surface area (Å²) in [7, 11) is 1.89. The SMILES string of the molecule is CNC(C)c1nnn(-c2ccc(C#N)cc2Br)c1C. The first-order valence-corrected chi connectivity index (χ1v) is 6.67. The van der Waals surface area contributed by atoms with Crippen molar-refractivity contribution in [2.24, 2.45) is 0 Å². The van der Waals surface area contributed by atoms with E-state index in [-0.39, 0.29) is 6.04 Å². The summed E-state index contributed by atoms with van der Waals surface area (Å²) in [4.78, 5) is 0. The summed E-state index contributed by atoms with van der Waals surface area (Å²) in [5.41, 5.74) is 3.38. The van der Waals surface area contributed by atoms with Crippen LogP contribution < -0.4 is 5.32 Å². The van der Waals surface area contributed by atoms with Gasteiger partial charge in [-0.25, -0.2) is 4.68 Å². The van der Waals surface area contributed by atoms with Gasteiger partial charge in [-0.05, 0) is 55.0 Å². The minimum absolute atomic E-state index is 0.144. The van der Waals surface area contributed by atoms with Crippen LogP contribution in [-0.2, 0) is 0 Å². The Bertz CT molecular complexity index is 641. The van der Waals surface area contributed by atoms with E-state index in [1.807, 2.05) is 27.0 Å². The number of hydrogen-bond donors (Lipinski definition) is 1. The van der Waals surface area contributed by atoms with E-state index >= 15 is 0 Å². The Morgan fingerprint density at radius 1 is 1.47 bits per heavy atom. The molecular weight excluding hydrogens is 306 g/mol. The van der Waals surface area contributed by atoms with E-state index in [4.69, 9.17) is 5.26 Å². The predicted octanol–water partition coefficient (Wildman–Crippen LogP) is 2.49. The summed E-state index contributed by atoms with van der Waals surface area (Å²) in [5.74, 6) is 0. The molecule has 0 fully saturated rings. The highest BCUT2D eigenvalue weighted by Crippen LogP contribution is 2.24. The number of nitrogens with zero attached hydrogens (tertiary/aromatic N) is 4. The molecule has 0 amide bonds. The van der Waals surface area contributed by atoms with Crippen LogP contribution >= 0.6 is 15.9 Å². The Balaban J connectivity index is 2.49. The summed E-state index contributed by atoms with van der Waals surface area (Å²) in [6, 6.07) is 7.65. The summed E-state index contributed by atoms with van der Waals surface area (Å²) in [5, 5.41) is 20.4. The van der Waals surface area contributed by atoms with E-state index in [0.717, 1.165) is 21.5 Å². The molecule has 98 valence electrons. The van der Waals surface area contributed by atoms with Crippen molar-refractivity contribution in [1.29, 1.82) is 5.26 Å². The lowest BCUT2D eigenvalue weighted by atomic mass is 10.2. The molecule has 6 heteroatoms. The third kappa shape index (κ3) is 2.53. The smallest absolute Gasteiger partial charge is 0.103 e. The van der Waals surface area contributed by atoms with Gasteiger partial charge < -0.3 is 5.32 Å². The molecule has 1 aromatic heterocycles. The van der Waals surface area contributed by atoms with Gasteiger partial charge in [-0.15, -0.1) is 5.10 Å². The summed E-state index contributed by atoms with van der Waals surface area (Å²) >= 11 is 3.47. The second kappa shape index (κ2) is 5.51. The average molecular weight is 320 g/mol. The Hall–Kier alpha value is -1.71. The lowest BCUT2D eigenvalue weighted by molar-refractivity contribution is 0.627. The highest BCUT2D eigenvalue weighted by atomic mass is 79.9. The topological polar surface area (TPSA) is 66.5 Å². The quantitative estimate of drug-likeness (QED) is 0.943. The van der Waals surface area contributed by atoms with Gasteiger partial charge in [0.15, 0.2) is 0 Å². The number of hydrogen-bond acceptors (Lipinski definition) is 4. The Morgan fingerprint density at radius 3 is 2.79 bits per heavy atom. The van der Waals surface area contributed by atoms with Crippen molar-refractivity contribution < 1.29 is 0 Å². The first kappa shape index (κ1) is 13.7. The lowest BCUT2D eigenvalue weighted by Gasteiger charge is -2.09. The number of aromatic nitrogens is 3. The molecule has 0 aliphatic carbocycles. The van der Waals surface area contributed by atoms with Crippen LogP contribution in [0.2, 0.25) is 0 Å². The van der Waals surface area contributed by atoms with Crippen molar-refractivity contribution in [1.82, 2.24) is 20.3 Å². The summed E-state index contributed by atoms with van der Waals surface area (Å²) in [6.45, 7) is 4.02. The fraction of sp³-hybridized carbons (Fsp3) is 0.308. The molecule has 1 heterocycles. The highest BCUT2D eigenvalue weighted by molar-refractivity contribution is 9.10. The largest absolute Gasteiger partial charge is 0.312 e. The number of halogens is 1. The molecule has 0 aliphatic heterocycles. The van der Waals surface area contributed by atoms with Crippen LogP contribution in [-0.4, -0.2) is 22.0 Å². The van der Waals surface area contributed by atoms with Crippen LogP contribution in [0.15, 0.2) is 22.7 Å². The zero-order chi connectivity index (χ0) is 14.0. The molecule has 1 aromatic carbocycles. The zero-order valence-corrected chi connectivity index (χ0v) is 12.6. The highest BCUT2D eigenvalue weighted by Gasteiger charge is 2.16. The summed E-state index contributed by atoms with van der Waals surface area (Å²) in [6.07, 6.45) is 0. The second-order valence-electron chi connectivity index (χ2n) is 4.26. The molecule has 1 N–H and O–H groups in total. The van der Waals surface area contributed by atoms with Crippen LogP contribution in [0.25, 0.3) is 5.69 Å². The molecule has 0 aliphatic rings. The van der Waals surface area contributed by atoms with Gasteiger partial charge in [0.25, 0.3) is 0 Å². The monoisotopic (exact) mass is 319 g/mol. The van der Waals surface area contributed by atoms with E-state index in [9.17, 15) is 0 Å². The molecule has 2 rings (SSSR count). The third-order valence-corrected chi connectivity index (χ3v) is 3.71. The zero-order valence-electron chi connectivity index (χ0n) is 11.0. The van der Waals surface area contributed by atoms with E-state index < -0.39 is 0 Å². The van der Waals surface area contributed by atoms with Gasteiger partial charge >= 0.3 is 0 Å². The maximum atomic E-state index is 8.87. The van der Waals surface area contributed by atoms with Crippen LogP contribution in [0.5, 0.6) is 0 Å². The van der Waals surface area contributed by atoms with Gasteiger partial charge in [-0.2, -0.15) is 5.26 Å². The first-order valence-electron chi connectivity index (χ1n) is 5.88. The fourth-order valence-corrected chi connectivity index (χ4v) is 2.40. The number of rotatable bonds is 3. The van der Waals surface area contributed by atoms with E-state index in [1.165, 1.54) is 0 Å². The summed E-state index contributed by atoms with van der Waals surface area (Å²) < 4.78 is 2.59. The van der Waals surface area contributed by atoms with Gasteiger partial charge in [-0.3, -0.25) is 0 Å². The van der Waals surface area contributed by atoms with Crippen molar-refractivity contribution >= 4 is 15.9 Å². The molecular formula is C13H14BrN5.